The van der Waals surface area contributed by atoms with Gasteiger partial charge in [0, 0.05) is 17.0 Å². The number of para-hydroxylation sites is 1. The first-order valence-corrected chi connectivity index (χ1v) is 14.0. The zero-order chi connectivity index (χ0) is 27.4. The van der Waals surface area contributed by atoms with Gasteiger partial charge in [0.15, 0.2) is 0 Å². The Kier molecular flexibility index (Phi) is 8.46. The van der Waals surface area contributed by atoms with Crippen molar-refractivity contribution in [3.05, 3.63) is 81.5 Å². The van der Waals surface area contributed by atoms with Crippen molar-refractivity contribution in [2.75, 3.05) is 26.8 Å². The number of hydrogen-bond donors (Lipinski definition) is 0. The summed E-state index contributed by atoms with van der Waals surface area (Å²) in [5.74, 6) is 1.41. The second kappa shape index (κ2) is 11.6. The van der Waals surface area contributed by atoms with Crippen LogP contribution in [0.3, 0.4) is 0 Å². The van der Waals surface area contributed by atoms with E-state index in [4.69, 9.17) is 9.47 Å². The van der Waals surface area contributed by atoms with E-state index in [1.807, 2.05) is 49.9 Å². The van der Waals surface area contributed by atoms with Crippen LogP contribution in [-0.4, -0.2) is 54.0 Å². The minimum absolute atomic E-state index is 0.0283. The predicted molar refractivity (Wildman–Crippen MR) is 152 cm³/mol. The highest BCUT2D eigenvalue weighted by molar-refractivity contribution is 7.10. The van der Waals surface area contributed by atoms with Crippen LogP contribution in [0, 0.1) is 0 Å². The average molecular weight is 535 g/mol. The molecule has 0 fully saturated rings. The minimum Gasteiger partial charge on any atom is -0.496 e. The Morgan fingerprint density at radius 2 is 1.79 bits per heavy atom. The van der Waals surface area contributed by atoms with Crippen molar-refractivity contribution in [1.82, 2.24) is 9.80 Å². The van der Waals surface area contributed by atoms with Crippen LogP contribution in [0.15, 0.2) is 60.0 Å². The smallest absolute Gasteiger partial charge is 0.258 e. The highest BCUT2D eigenvalue weighted by atomic mass is 32.1. The summed E-state index contributed by atoms with van der Waals surface area (Å²) in [7, 11) is 1.55. The van der Waals surface area contributed by atoms with Crippen LogP contribution in [0.5, 0.6) is 11.5 Å². The summed E-state index contributed by atoms with van der Waals surface area (Å²) in [6.07, 6.45) is 0.800. The third-order valence-electron chi connectivity index (χ3n) is 7.06. The van der Waals surface area contributed by atoms with Crippen LogP contribution in [-0.2, 0) is 11.2 Å². The lowest BCUT2D eigenvalue weighted by Crippen LogP contribution is -2.53. The van der Waals surface area contributed by atoms with Crippen molar-refractivity contribution in [3.63, 3.8) is 0 Å². The van der Waals surface area contributed by atoms with Crippen molar-refractivity contribution < 1.29 is 19.1 Å². The van der Waals surface area contributed by atoms with Gasteiger partial charge in [0.25, 0.3) is 5.91 Å². The molecule has 3 aromatic rings. The molecule has 0 aliphatic carbocycles. The van der Waals surface area contributed by atoms with E-state index in [9.17, 15) is 9.59 Å². The minimum atomic E-state index is -0.568. The number of carbonyl (C=O) groups is 2. The van der Waals surface area contributed by atoms with Crippen LogP contribution < -0.4 is 9.47 Å². The number of hydrogen-bond acceptors (Lipinski definition) is 5. The molecule has 0 N–H and O–H groups in total. The third kappa shape index (κ3) is 6.04. The van der Waals surface area contributed by atoms with Crippen LogP contribution in [0.2, 0.25) is 0 Å². The molecule has 6 nitrogen and oxygen atoms in total. The molecule has 0 saturated carbocycles. The molecule has 7 heteroatoms. The van der Waals surface area contributed by atoms with E-state index in [1.165, 1.54) is 10.4 Å². The highest BCUT2D eigenvalue weighted by Gasteiger charge is 2.36. The molecule has 1 aromatic heterocycles. The summed E-state index contributed by atoms with van der Waals surface area (Å²) < 4.78 is 11.7. The third-order valence-corrected chi connectivity index (χ3v) is 8.05. The predicted octanol–water partition coefficient (Wildman–Crippen LogP) is 6.33. The molecule has 1 aliphatic rings. The Morgan fingerprint density at radius 3 is 2.45 bits per heavy atom. The van der Waals surface area contributed by atoms with Crippen LogP contribution in [0.25, 0.3) is 0 Å². The van der Waals surface area contributed by atoms with Gasteiger partial charge >= 0.3 is 0 Å². The number of rotatable bonds is 8. The molecular weight excluding hydrogens is 496 g/mol. The zero-order valence-electron chi connectivity index (χ0n) is 23.2. The lowest BCUT2D eigenvalue weighted by molar-refractivity contribution is -0.136. The molecule has 0 spiro atoms. The molecular formula is C31H38N2O4S. The van der Waals surface area contributed by atoms with Gasteiger partial charge in [-0.1, -0.05) is 38.1 Å². The Hall–Kier alpha value is -3.32. The van der Waals surface area contributed by atoms with Crippen molar-refractivity contribution in [3.8, 4) is 11.5 Å². The summed E-state index contributed by atoms with van der Waals surface area (Å²) >= 11 is 1.72. The molecule has 38 heavy (non-hydrogen) atoms. The van der Waals surface area contributed by atoms with Crippen LogP contribution in [0.4, 0.5) is 0 Å². The van der Waals surface area contributed by atoms with Gasteiger partial charge in [0.05, 0.1) is 18.7 Å². The van der Waals surface area contributed by atoms with E-state index in [2.05, 4.69) is 37.4 Å². The maximum Gasteiger partial charge on any atom is 0.258 e. The van der Waals surface area contributed by atoms with E-state index in [1.54, 1.807) is 35.5 Å². The molecule has 4 rings (SSSR count). The summed E-state index contributed by atoms with van der Waals surface area (Å²) in [5, 5.41) is 2.08. The standard InChI is InChI=1S/C31H38N2O4S/c1-21(2)22-11-13-23(14-12-22)37-20-26-24-16-18-38-28(24)15-17-32(26)29(34)19-33(31(3,4)5)30(35)25-9-7-8-10-27(25)36-6/h7-14,16,18,21,26H,15,17,19-20H2,1-6H3. The number of fused-ring (bicyclic) bond motifs is 1. The molecule has 202 valence electrons. The first-order chi connectivity index (χ1) is 18.1. The number of amides is 2. The van der Waals surface area contributed by atoms with Gasteiger partial charge in [-0.15, -0.1) is 11.3 Å². The first kappa shape index (κ1) is 27.7. The lowest BCUT2D eigenvalue weighted by atomic mass is 9.99. The molecule has 1 aliphatic heterocycles. The molecule has 2 amide bonds. The number of ether oxygens (including phenoxy) is 2. The van der Waals surface area contributed by atoms with Gasteiger partial charge in [-0.3, -0.25) is 9.59 Å². The number of nitrogens with zero attached hydrogens (tertiary/aromatic N) is 2. The SMILES string of the molecule is COc1ccccc1C(=O)N(CC(=O)N1CCc2sccc2C1COc1ccc(C(C)C)cc1)C(C)(C)C. The van der Waals surface area contributed by atoms with Crippen molar-refractivity contribution in [2.45, 2.75) is 58.5 Å². The molecule has 0 saturated heterocycles. The maximum absolute atomic E-state index is 13.9. The summed E-state index contributed by atoms with van der Waals surface area (Å²) in [4.78, 5) is 32.3. The Morgan fingerprint density at radius 1 is 1.08 bits per heavy atom. The summed E-state index contributed by atoms with van der Waals surface area (Å²) in [6, 6.07) is 17.2. The second-order valence-electron chi connectivity index (χ2n) is 10.9. The van der Waals surface area contributed by atoms with E-state index < -0.39 is 5.54 Å². The van der Waals surface area contributed by atoms with E-state index in [-0.39, 0.29) is 24.4 Å². The quantitative estimate of drug-likeness (QED) is 0.339. The molecule has 0 bridgehead atoms. The number of carbonyl (C=O) groups excluding carboxylic acids is 2. The molecule has 0 radical (unpaired) electrons. The molecule has 2 aromatic carbocycles. The fourth-order valence-corrected chi connectivity index (χ4v) is 5.73. The van der Waals surface area contributed by atoms with E-state index >= 15 is 0 Å². The van der Waals surface area contributed by atoms with Crippen molar-refractivity contribution in [2.24, 2.45) is 0 Å². The number of benzene rings is 2. The second-order valence-corrected chi connectivity index (χ2v) is 11.9. The molecule has 1 atom stereocenters. The van der Waals surface area contributed by atoms with Gasteiger partial charge < -0.3 is 19.3 Å². The Labute approximate surface area is 230 Å². The monoisotopic (exact) mass is 534 g/mol. The number of methoxy groups -OCH3 is 1. The molecule has 1 unspecified atom stereocenters. The fourth-order valence-electron chi connectivity index (χ4n) is 4.81. The Bertz CT molecular complexity index is 1260. The summed E-state index contributed by atoms with van der Waals surface area (Å²) in [5.41, 5.74) is 2.27. The topological polar surface area (TPSA) is 59.1 Å². The first-order valence-electron chi connectivity index (χ1n) is 13.1. The van der Waals surface area contributed by atoms with Gasteiger partial charge in [0.1, 0.15) is 24.7 Å². The summed E-state index contributed by atoms with van der Waals surface area (Å²) in [6.45, 7) is 11.1. The Balaban J connectivity index is 1.56. The van der Waals surface area contributed by atoms with Gasteiger partial charge in [-0.2, -0.15) is 0 Å². The number of thiophene rings is 1. The fraction of sp³-hybridized carbons (Fsp3) is 0.419. The normalized spacial score (nSPS) is 15.2. The highest BCUT2D eigenvalue weighted by Crippen LogP contribution is 2.35. The lowest BCUT2D eigenvalue weighted by Gasteiger charge is -2.40. The van der Waals surface area contributed by atoms with E-state index in [0.717, 1.165) is 17.7 Å². The van der Waals surface area contributed by atoms with Crippen molar-refractivity contribution in [1.29, 1.82) is 0 Å². The maximum atomic E-state index is 13.9. The largest absolute Gasteiger partial charge is 0.496 e. The van der Waals surface area contributed by atoms with E-state index in [0.29, 0.717) is 30.4 Å². The van der Waals surface area contributed by atoms with Crippen LogP contribution >= 0.6 is 11.3 Å². The zero-order valence-corrected chi connectivity index (χ0v) is 24.0. The average Bonchev–Trinajstić information content (AvgIpc) is 3.38. The van der Waals surface area contributed by atoms with Crippen LogP contribution in [0.1, 0.15) is 72.9 Å². The van der Waals surface area contributed by atoms with Gasteiger partial charge in [-0.25, -0.2) is 0 Å². The van der Waals surface area contributed by atoms with Gasteiger partial charge in [0.2, 0.25) is 5.91 Å². The van der Waals surface area contributed by atoms with Crippen molar-refractivity contribution >= 4 is 23.2 Å². The molecule has 2 heterocycles. The van der Waals surface area contributed by atoms with Gasteiger partial charge in [-0.05, 0) is 79.9 Å².